The molecule has 2 rings (SSSR count). The van der Waals surface area contributed by atoms with E-state index in [2.05, 4.69) is 10.1 Å². The molecule has 11 heteroatoms. The van der Waals surface area contributed by atoms with Crippen molar-refractivity contribution >= 4 is 12.4 Å². The van der Waals surface area contributed by atoms with Crippen LogP contribution in [0.15, 0.2) is 18.2 Å². The van der Waals surface area contributed by atoms with E-state index in [-0.39, 0.29) is 23.7 Å². The number of nitrogens with one attached hydrogen (secondary N) is 1. The summed E-state index contributed by atoms with van der Waals surface area (Å²) in [4.78, 5) is 1.64. The standard InChI is InChI=1S/C15H18F6N2O2.ClH/c1-24-13-8-10(25-15(19,20)21)2-3-11(13)12(9-14(16,17)18)23-6-4-22-5-7-23;/h2-3,8,12,22H,4-7,9H2,1H3;1H/t12-;/m1./s1. The fraction of sp³-hybridized carbons (Fsp3) is 0.600. The highest BCUT2D eigenvalue weighted by molar-refractivity contribution is 5.85. The molecule has 1 aromatic rings. The van der Waals surface area contributed by atoms with Gasteiger partial charge in [0.2, 0.25) is 0 Å². The molecule has 1 atom stereocenters. The van der Waals surface area contributed by atoms with Crippen LogP contribution in [0.4, 0.5) is 26.3 Å². The first kappa shape index (κ1) is 22.7. The summed E-state index contributed by atoms with van der Waals surface area (Å²) in [7, 11) is 1.19. The fourth-order valence-corrected chi connectivity index (χ4v) is 2.81. The maximum absolute atomic E-state index is 13.0. The Morgan fingerprint density at radius 2 is 1.73 bits per heavy atom. The van der Waals surface area contributed by atoms with Gasteiger partial charge in [0.05, 0.1) is 13.5 Å². The number of benzene rings is 1. The lowest BCUT2D eigenvalue weighted by molar-refractivity contribution is -0.274. The number of halogens is 7. The van der Waals surface area contributed by atoms with E-state index >= 15 is 0 Å². The average molecular weight is 409 g/mol. The molecule has 1 saturated heterocycles. The van der Waals surface area contributed by atoms with Crippen molar-refractivity contribution in [3.63, 3.8) is 0 Å². The number of piperazine rings is 1. The molecule has 1 heterocycles. The van der Waals surface area contributed by atoms with Gasteiger partial charge in [0.25, 0.3) is 0 Å². The van der Waals surface area contributed by atoms with Crippen molar-refractivity contribution in [1.29, 1.82) is 0 Å². The molecule has 0 bridgehead atoms. The first-order valence-electron chi connectivity index (χ1n) is 7.54. The molecule has 0 spiro atoms. The summed E-state index contributed by atoms with van der Waals surface area (Å²) >= 11 is 0. The maximum Gasteiger partial charge on any atom is 0.573 e. The van der Waals surface area contributed by atoms with Crippen LogP contribution >= 0.6 is 12.4 Å². The van der Waals surface area contributed by atoms with Crippen LogP contribution in [0.3, 0.4) is 0 Å². The highest BCUT2D eigenvalue weighted by Gasteiger charge is 2.37. The molecule has 1 aromatic carbocycles. The first-order valence-corrected chi connectivity index (χ1v) is 7.54. The number of nitrogens with zero attached hydrogens (tertiary/aromatic N) is 1. The van der Waals surface area contributed by atoms with E-state index in [1.807, 2.05) is 0 Å². The average Bonchev–Trinajstić information content (AvgIpc) is 2.51. The van der Waals surface area contributed by atoms with Crippen LogP contribution in [0.5, 0.6) is 11.5 Å². The molecule has 1 aliphatic heterocycles. The monoisotopic (exact) mass is 408 g/mol. The zero-order valence-electron chi connectivity index (χ0n) is 13.8. The molecule has 1 N–H and O–H groups in total. The van der Waals surface area contributed by atoms with Crippen molar-refractivity contribution in [2.75, 3.05) is 33.3 Å². The van der Waals surface area contributed by atoms with E-state index in [1.165, 1.54) is 13.2 Å². The van der Waals surface area contributed by atoms with Crippen molar-refractivity contribution in [1.82, 2.24) is 10.2 Å². The Morgan fingerprint density at radius 1 is 1.12 bits per heavy atom. The Hall–Kier alpha value is -1.39. The summed E-state index contributed by atoms with van der Waals surface area (Å²) in [6.45, 7) is 1.85. The van der Waals surface area contributed by atoms with Crippen LogP contribution in [-0.4, -0.2) is 50.7 Å². The smallest absolute Gasteiger partial charge is 0.496 e. The van der Waals surface area contributed by atoms with E-state index in [4.69, 9.17) is 4.74 Å². The van der Waals surface area contributed by atoms with Crippen molar-refractivity contribution in [2.45, 2.75) is 25.0 Å². The normalized spacial score (nSPS) is 17.3. The van der Waals surface area contributed by atoms with E-state index in [1.54, 1.807) is 4.90 Å². The Kier molecular flexibility index (Phi) is 7.85. The number of hydrogen-bond acceptors (Lipinski definition) is 4. The molecule has 1 aliphatic rings. The Morgan fingerprint density at radius 3 is 2.23 bits per heavy atom. The molecular weight excluding hydrogens is 390 g/mol. The summed E-state index contributed by atoms with van der Waals surface area (Å²) in [5, 5.41) is 3.05. The van der Waals surface area contributed by atoms with Crippen molar-refractivity contribution in [3.05, 3.63) is 23.8 Å². The van der Waals surface area contributed by atoms with Crippen LogP contribution in [0.2, 0.25) is 0 Å². The van der Waals surface area contributed by atoms with Crippen LogP contribution in [0.1, 0.15) is 18.0 Å². The van der Waals surface area contributed by atoms with E-state index in [0.29, 0.717) is 26.2 Å². The predicted molar refractivity (Wildman–Crippen MR) is 84.8 cm³/mol. The summed E-state index contributed by atoms with van der Waals surface area (Å²) in [6.07, 6.45) is -10.4. The number of alkyl halides is 6. The van der Waals surface area contributed by atoms with Crippen molar-refractivity contribution in [3.8, 4) is 11.5 Å². The second-order valence-corrected chi connectivity index (χ2v) is 5.57. The molecule has 26 heavy (non-hydrogen) atoms. The SMILES string of the molecule is COc1cc(OC(F)(F)F)ccc1[C@@H](CC(F)(F)F)N1CCNCC1.Cl. The Bertz CT molecular complexity index is 576. The number of rotatable bonds is 5. The molecule has 4 nitrogen and oxygen atoms in total. The van der Waals surface area contributed by atoms with Crippen LogP contribution in [0.25, 0.3) is 0 Å². The fourth-order valence-electron chi connectivity index (χ4n) is 2.81. The van der Waals surface area contributed by atoms with Crippen LogP contribution in [-0.2, 0) is 0 Å². The molecule has 0 unspecified atom stereocenters. The zero-order valence-corrected chi connectivity index (χ0v) is 14.6. The molecule has 1 fully saturated rings. The summed E-state index contributed by atoms with van der Waals surface area (Å²) < 4.78 is 84.9. The van der Waals surface area contributed by atoms with E-state index in [0.717, 1.165) is 12.1 Å². The van der Waals surface area contributed by atoms with Crippen LogP contribution < -0.4 is 14.8 Å². The minimum Gasteiger partial charge on any atom is -0.496 e. The molecule has 0 aromatic heterocycles. The number of ether oxygens (including phenoxy) is 2. The highest BCUT2D eigenvalue weighted by Crippen LogP contribution is 2.40. The Labute approximate surface area is 152 Å². The third-order valence-electron chi connectivity index (χ3n) is 3.81. The Balaban J connectivity index is 0.00000338. The molecule has 0 amide bonds. The number of hydrogen-bond donors (Lipinski definition) is 1. The largest absolute Gasteiger partial charge is 0.573 e. The summed E-state index contributed by atoms with van der Waals surface area (Å²) in [5.41, 5.74) is 0.177. The summed E-state index contributed by atoms with van der Waals surface area (Å²) in [5.74, 6) is -0.617. The molecule has 150 valence electrons. The summed E-state index contributed by atoms with van der Waals surface area (Å²) in [6, 6.07) is 2.10. The maximum atomic E-state index is 13.0. The molecule has 0 saturated carbocycles. The second kappa shape index (κ2) is 9.01. The van der Waals surface area contributed by atoms with Gasteiger partial charge in [0, 0.05) is 43.9 Å². The van der Waals surface area contributed by atoms with E-state index in [9.17, 15) is 26.3 Å². The minimum atomic E-state index is -4.89. The second-order valence-electron chi connectivity index (χ2n) is 5.57. The lowest BCUT2D eigenvalue weighted by Crippen LogP contribution is -2.46. The third kappa shape index (κ3) is 6.73. The van der Waals surface area contributed by atoms with Crippen molar-refractivity contribution < 1.29 is 35.8 Å². The van der Waals surface area contributed by atoms with Gasteiger partial charge in [-0.05, 0) is 6.07 Å². The van der Waals surface area contributed by atoms with Gasteiger partial charge in [-0.15, -0.1) is 25.6 Å². The predicted octanol–water partition coefficient (Wildman–Crippen LogP) is 3.91. The van der Waals surface area contributed by atoms with Gasteiger partial charge in [-0.3, -0.25) is 4.90 Å². The zero-order chi connectivity index (χ0) is 18.7. The van der Waals surface area contributed by atoms with Gasteiger partial charge in [0.1, 0.15) is 11.5 Å². The van der Waals surface area contributed by atoms with Gasteiger partial charge in [-0.2, -0.15) is 13.2 Å². The minimum absolute atomic E-state index is 0. The quantitative estimate of drug-likeness (QED) is 0.749. The molecular formula is C15H19ClF6N2O2. The van der Waals surface area contributed by atoms with E-state index < -0.39 is 30.8 Å². The van der Waals surface area contributed by atoms with Crippen molar-refractivity contribution in [2.24, 2.45) is 0 Å². The molecule has 0 radical (unpaired) electrons. The molecule has 0 aliphatic carbocycles. The van der Waals surface area contributed by atoms with Crippen LogP contribution in [0, 0.1) is 0 Å². The van der Waals surface area contributed by atoms with Gasteiger partial charge in [-0.1, -0.05) is 6.07 Å². The third-order valence-corrected chi connectivity index (χ3v) is 3.81. The van der Waals surface area contributed by atoms with Gasteiger partial charge in [0.15, 0.2) is 0 Å². The van der Waals surface area contributed by atoms with Gasteiger partial charge in [-0.25, -0.2) is 0 Å². The topological polar surface area (TPSA) is 33.7 Å². The first-order chi connectivity index (χ1) is 11.6. The lowest BCUT2D eigenvalue weighted by atomic mass is 9.99. The van der Waals surface area contributed by atoms with Gasteiger partial charge < -0.3 is 14.8 Å². The highest BCUT2D eigenvalue weighted by atomic mass is 35.5. The number of methoxy groups -OCH3 is 1. The van der Waals surface area contributed by atoms with Gasteiger partial charge >= 0.3 is 12.5 Å². The lowest BCUT2D eigenvalue weighted by Gasteiger charge is -2.36.